The van der Waals surface area contributed by atoms with E-state index in [1.54, 1.807) is 0 Å². The van der Waals surface area contributed by atoms with Crippen LogP contribution >= 0.6 is 49.3 Å². The highest BCUT2D eigenvalue weighted by atomic mass is 32.1. The highest BCUT2D eigenvalue weighted by Crippen LogP contribution is 2.36. The van der Waals surface area contributed by atoms with E-state index in [4.69, 9.17) is 36.7 Å². The van der Waals surface area contributed by atoms with Crippen molar-refractivity contribution in [3.8, 4) is 0 Å². The summed E-state index contributed by atoms with van der Waals surface area (Å²) in [6.07, 6.45) is -4.35. The maximum Gasteiger partial charge on any atom is 0.416 e. The summed E-state index contributed by atoms with van der Waals surface area (Å²) in [6.45, 7) is 0. The Morgan fingerprint density at radius 1 is 0.947 bits per heavy atom. The van der Waals surface area contributed by atoms with Gasteiger partial charge in [-0.05, 0) is 17.7 Å². The van der Waals surface area contributed by atoms with Crippen molar-refractivity contribution >= 4 is 63.9 Å². The third kappa shape index (κ3) is 2.74. The molecule has 0 N–H and O–H groups in total. The van der Waals surface area contributed by atoms with E-state index < -0.39 is 11.7 Å². The predicted molar refractivity (Wildman–Crippen MR) is 84.8 cm³/mol. The number of hydrogen-bond donors (Lipinski definition) is 1. The lowest BCUT2D eigenvalue weighted by Gasteiger charge is -2.15. The summed E-state index contributed by atoms with van der Waals surface area (Å²) in [5, 5.41) is -0.341. The van der Waals surface area contributed by atoms with Crippen molar-refractivity contribution in [2.24, 2.45) is 0 Å². The third-order valence-corrected chi connectivity index (χ3v) is 5.26. The average molecular weight is 336 g/mol. The number of halogens is 3. The number of benzene rings is 1. The van der Waals surface area contributed by atoms with Gasteiger partial charge in [-0.25, -0.2) is 0 Å². The first kappa shape index (κ1) is 15.0. The molecule has 100 valence electrons. The molecule has 7 heteroatoms. The predicted octanol–water partition coefficient (Wildman–Crippen LogP) is 4.21. The monoisotopic (exact) mass is 336 g/mol. The van der Waals surface area contributed by atoms with Gasteiger partial charge >= 0.3 is 6.18 Å². The lowest BCUT2D eigenvalue weighted by molar-refractivity contribution is -0.137. The lowest BCUT2D eigenvalue weighted by atomic mass is 9.96. The van der Waals surface area contributed by atoms with Gasteiger partial charge in [0, 0.05) is 15.6 Å². The Labute approximate surface area is 129 Å². The van der Waals surface area contributed by atoms with E-state index in [9.17, 15) is 13.2 Å². The van der Waals surface area contributed by atoms with Crippen LogP contribution in [0.5, 0.6) is 0 Å². The Bertz CT molecular complexity index is 559. The minimum Gasteiger partial charge on any atom is -0.169 e. The second-order valence-corrected chi connectivity index (χ2v) is 5.94. The van der Waals surface area contributed by atoms with Crippen LogP contribution in [0.25, 0.3) is 0 Å². The molecule has 1 saturated carbocycles. The van der Waals surface area contributed by atoms with Crippen molar-refractivity contribution in [2.45, 2.75) is 17.3 Å². The summed E-state index contributed by atoms with van der Waals surface area (Å²) in [4.78, 5) is 1.41. The Morgan fingerprint density at radius 3 is 1.84 bits per heavy atom. The maximum atomic E-state index is 12.5. The van der Waals surface area contributed by atoms with Gasteiger partial charge in [0.05, 0.1) is 15.7 Å². The summed E-state index contributed by atoms with van der Waals surface area (Å²) in [7, 11) is 0. The number of hydrogen-bond acceptors (Lipinski definition) is 4. The first-order valence-electron chi connectivity index (χ1n) is 5.21. The smallest absolute Gasteiger partial charge is 0.169 e. The van der Waals surface area contributed by atoms with Crippen LogP contribution in [0.2, 0.25) is 0 Å². The van der Waals surface area contributed by atoms with Gasteiger partial charge in [0.25, 0.3) is 0 Å². The Kier molecular flexibility index (Phi) is 4.11. The van der Waals surface area contributed by atoms with Gasteiger partial charge in [-0.2, -0.15) is 25.8 Å². The molecular weight excluding hydrogens is 329 g/mol. The lowest BCUT2D eigenvalue weighted by Crippen LogP contribution is -2.14. The van der Waals surface area contributed by atoms with Crippen LogP contribution in [0.4, 0.5) is 13.2 Å². The van der Waals surface area contributed by atoms with Crippen molar-refractivity contribution in [1.82, 2.24) is 0 Å². The molecule has 0 heterocycles. The van der Waals surface area contributed by atoms with Crippen LogP contribution in [0, 0.1) is 0 Å². The second kappa shape index (κ2) is 5.20. The summed E-state index contributed by atoms with van der Waals surface area (Å²) in [6, 6.07) is 4.87. The van der Waals surface area contributed by atoms with E-state index in [0.717, 1.165) is 12.1 Å². The first-order chi connectivity index (χ1) is 8.73. The van der Waals surface area contributed by atoms with E-state index >= 15 is 0 Å². The van der Waals surface area contributed by atoms with Crippen LogP contribution in [-0.2, 0) is 6.18 Å². The van der Waals surface area contributed by atoms with Crippen LogP contribution in [0.1, 0.15) is 17.0 Å². The standard InChI is InChI=1S/C12H7F3S4/c13-12(14,15)6-3-1-5(2-4-6)7-8(16)10(18)11(19)9(7)17/h1-4,7-8,16H. The topological polar surface area (TPSA) is 0 Å². The molecule has 0 spiro atoms. The van der Waals surface area contributed by atoms with Gasteiger partial charge in [0.2, 0.25) is 0 Å². The zero-order valence-corrected chi connectivity index (χ0v) is 12.6. The highest BCUT2D eigenvalue weighted by Gasteiger charge is 2.39. The van der Waals surface area contributed by atoms with E-state index in [0.29, 0.717) is 20.2 Å². The fraction of sp³-hybridized carbons (Fsp3) is 0.250. The molecule has 1 aromatic rings. The van der Waals surface area contributed by atoms with E-state index in [-0.39, 0.29) is 11.2 Å². The van der Waals surface area contributed by atoms with Crippen molar-refractivity contribution in [2.75, 3.05) is 0 Å². The molecular formula is C12H7F3S4. The van der Waals surface area contributed by atoms with Crippen molar-refractivity contribution in [1.29, 1.82) is 0 Å². The van der Waals surface area contributed by atoms with Gasteiger partial charge in [-0.3, -0.25) is 0 Å². The summed E-state index contributed by atoms with van der Waals surface area (Å²) < 4.78 is 37.5. The normalized spacial score (nSPS) is 24.1. The van der Waals surface area contributed by atoms with Gasteiger partial charge < -0.3 is 0 Å². The molecule has 0 aliphatic heterocycles. The van der Waals surface area contributed by atoms with Gasteiger partial charge in [0.1, 0.15) is 0 Å². The number of alkyl halides is 3. The molecule has 2 rings (SSSR count). The molecule has 1 aromatic carbocycles. The molecule has 0 nitrogen and oxygen atoms in total. The zero-order valence-electron chi connectivity index (χ0n) is 9.27. The first-order valence-corrected chi connectivity index (χ1v) is 6.95. The molecule has 1 fully saturated rings. The van der Waals surface area contributed by atoms with Gasteiger partial charge in [0.15, 0.2) is 0 Å². The zero-order chi connectivity index (χ0) is 14.4. The third-order valence-electron chi connectivity index (χ3n) is 2.91. The molecule has 0 bridgehead atoms. The van der Waals surface area contributed by atoms with E-state index in [1.165, 1.54) is 12.1 Å². The molecule has 1 aliphatic rings. The van der Waals surface area contributed by atoms with E-state index in [2.05, 4.69) is 12.6 Å². The molecule has 0 radical (unpaired) electrons. The van der Waals surface area contributed by atoms with Crippen LogP contribution in [0.15, 0.2) is 24.3 Å². The quantitative estimate of drug-likeness (QED) is 0.603. The fourth-order valence-electron chi connectivity index (χ4n) is 1.90. The SMILES string of the molecule is FC(F)(F)c1ccc(C2C(=S)C(=S)C(=S)C2S)cc1. The Morgan fingerprint density at radius 2 is 1.47 bits per heavy atom. The molecule has 0 aromatic heterocycles. The second-order valence-electron chi connectivity index (χ2n) is 4.10. The Balaban J connectivity index is 2.36. The molecule has 2 atom stereocenters. The van der Waals surface area contributed by atoms with Crippen LogP contribution in [-0.4, -0.2) is 19.8 Å². The average Bonchev–Trinajstić information content (AvgIpc) is 2.53. The van der Waals surface area contributed by atoms with Crippen molar-refractivity contribution in [3.63, 3.8) is 0 Å². The maximum absolute atomic E-state index is 12.5. The van der Waals surface area contributed by atoms with Crippen molar-refractivity contribution in [3.05, 3.63) is 35.4 Å². The van der Waals surface area contributed by atoms with Crippen LogP contribution < -0.4 is 0 Å². The molecule has 2 unspecified atom stereocenters. The summed E-state index contributed by atoms with van der Waals surface area (Å²) in [5.74, 6) is -0.319. The largest absolute Gasteiger partial charge is 0.416 e. The van der Waals surface area contributed by atoms with E-state index in [1.807, 2.05) is 0 Å². The number of thiocarbonyl (C=S) groups is 3. The minimum atomic E-state index is -4.35. The Hall–Kier alpha value is -0.370. The minimum absolute atomic E-state index is 0.319. The molecule has 0 amide bonds. The van der Waals surface area contributed by atoms with Crippen LogP contribution in [0.3, 0.4) is 0 Å². The fourth-order valence-corrected chi connectivity index (χ4v) is 3.49. The summed E-state index contributed by atoms with van der Waals surface area (Å²) >= 11 is 19.8. The molecule has 19 heavy (non-hydrogen) atoms. The molecule has 1 aliphatic carbocycles. The van der Waals surface area contributed by atoms with Gasteiger partial charge in [-0.1, -0.05) is 48.8 Å². The van der Waals surface area contributed by atoms with Gasteiger partial charge in [-0.15, -0.1) is 0 Å². The highest BCUT2D eigenvalue weighted by molar-refractivity contribution is 7.97. The number of thiol groups is 1. The molecule has 0 saturated heterocycles. The number of rotatable bonds is 1. The van der Waals surface area contributed by atoms with Crippen molar-refractivity contribution < 1.29 is 13.2 Å². The summed E-state index contributed by atoms with van der Waals surface area (Å²) in [5.41, 5.74) is -0.0405.